The first-order valence-corrected chi connectivity index (χ1v) is 6.79. The number of rotatable bonds is 2. The van der Waals surface area contributed by atoms with Crippen LogP contribution >= 0.6 is 11.8 Å². The fourth-order valence-corrected chi connectivity index (χ4v) is 2.35. The highest BCUT2D eigenvalue weighted by molar-refractivity contribution is 7.98. The van der Waals surface area contributed by atoms with E-state index >= 15 is 0 Å². The van der Waals surface area contributed by atoms with E-state index < -0.39 is 0 Å². The third kappa shape index (κ3) is 2.06. The maximum absolute atomic E-state index is 4.60. The van der Waals surface area contributed by atoms with Crippen LogP contribution in [0.25, 0.3) is 11.4 Å². The quantitative estimate of drug-likeness (QED) is 0.822. The second kappa shape index (κ2) is 4.47. The molecule has 1 aliphatic heterocycles. The van der Waals surface area contributed by atoms with Gasteiger partial charge >= 0.3 is 0 Å². The topological polar surface area (TPSA) is 37.8 Å². The fourth-order valence-electron chi connectivity index (χ4n) is 1.94. The van der Waals surface area contributed by atoms with Gasteiger partial charge in [-0.3, -0.25) is 0 Å². The molecule has 2 heterocycles. The van der Waals surface area contributed by atoms with Crippen LogP contribution in [0, 0.1) is 0 Å². The fraction of sp³-hybridized carbons (Fsp3) is 0.231. The van der Waals surface area contributed by atoms with Crippen LogP contribution in [-0.2, 0) is 13.1 Å². The lowest BCUT2D eigenvalue weighted by Gasteiger charge is -2.03. The molecule has 1 aromatic heterocycles. The molecule has 0 saturated heterocycles. The standard InChI is InChI=1S/C13H13N3S/c1-17-11-4-2-9(3-5-11)13-15-7-10-6-14-8-12(10)16-13/h2-5,7,14H,6,8H2,1H3. The summed E-state index contributed by atoms with van der Waals surface area (Å²) in [5.41, 5.74) is 3.43. The number of fused-ring (bicyclic) bond motifs is 1. The molecule has 17 heavy (non-hydrogen) atoms. The Bertz CT molecular complexity index is 537. The maximum atomic E-state index is 4.60. The molecule has 3 nitrogen and oxygen atoms in total. The Hall–Kier alpha value is -1.39. The Morgan fingerprint density at radius 1 is 1.18 bits per heavy atom. The van der Waals surface area contributed by atoms with Gasteiger partial charge in [-0.25, -0.2) is 9.97 Å². The smallest absolute Gasteiger partial charge is 0.159 e. The summed E-state index contributed by atoms with van der Waals surface area (Å²) >= 11 is 1.74. The molecule has 0 radical (unpaired) electrons. The molecule has 1 aromatic carbocycles. The normalized spacial score (nSPS) is 13.7. The zero-order valence-electron chi connectivity index (χ0n) is 9.60. The lowest BCUT2D eigenvalue weighted by molar-refractivity contribution is 0.758. The minimum absolute atomic E-state index is 0.820. The highest BCUT2D eigenvalue weighted by atomic mass is 32.2. The molecule has 1 N–H and O–H groups in total. The average Bonchev–Trinajstić information content (AvgIpc) is 2.86. The Labute approximate surface area is 105 Å². The summed E-state index contributed by atoms with van der Waals surface area (Å²) in [5.74, 6) is 0.820. The van der Waals surface area contributed by atoms with E-state index in [2.05, 4.69) is 45.8 Å². The molecule has 0 amide bonds. The summed E-state index contributed by atoms with van der Waals surface area (Å²) in [6.07, 6.45) is 4.01. The average molecular weight is 243 g/mol. The van der Waals surface area contributed by atoms with Crippen LogP contribution in [0.2, 0.25) is 0 Å². The van der Waals surface area contributed by atoms with E-state index in [1.54, 1.807) is 11.8 Å². The second-order valence-corrected chi connectivity index (χ2v) is 4.88. The van der Waals surface area contributed by atoms with E-state index in [-0.39, 0.29) is 0 Å². The van der Waals surface area contributed by atoms with Crippen LogP contribution in [-0.4, -0.2) is 16.2 Å². The Morgan fingerprint density at radius 2 is 2.00 bits per heavy atom. The monoisotopic (exact) mass is 243 g/mol. The van der Waals surface area contributed by atoms with Gasteiger partial charge in [-0.2, -0.15) is 0 Å². The first-order valence-electron chi connectivity index (χ1n) is 5.57. The number of aromatic nitrogens is 2. The number of benzene rings is 1. The summed E-state index contributed by atoms with van der Waals surface area (Å²) in [6, 6.07) is 8.37. The molecule has 0 bridgehead atoms. The van der Waals surface area contributed by atoms with Crippen molar-refractivity contribution < 1.29 is 0 Å². The van der Waals surface area contributed by atoms with E-state index in [1.807, 2.05) is 6.20 Å². The highest BCUT2D eigenvalue weighted by Gasteiger charge is 2.13. The van der Waals surface area contributed by atoms with Crippen LogP contribution in [0.3, 0.4) is 0 Å². The first-order chi connectivity index (χ1) is 8.36. The van der Waals surface area contributed by atoms with Gasteiger partial charge in [0, 0.05) is 35.3 Å². The van der Waals surface area contributed by atoms with Gasteiger partial charge in [0.05, 0.1) is 5.69 Å². The third-order valence-electron chi connectivity index (χ3n) is 2.91. The van der Waals surface area contributed by atoms with Crippen molar-refractivity contribution >= 4 is 11.8 Å². The number of thioether (sulfide) groups is 1. The Kier molecular flexibility index (Phi) is 2.82. The van der Waals surface area contributed by atoms with Crippen LogP contribution in [0.1, 0.15) is 11.3 Å². The van der Waals surface area contributed by atoms with Crippen molar-refractivity contribution in [2.75, 3.05) is 6.26 Å². The molecule has 0 aliphatic carbocycles. The van der Waals surface area contributed by atoms with Gasteiger partial charge in [-0.1, -0.05) is 12.1 Å². The highest BCUT2D eigenvalue weighted by Crippen LogP contribution is 2.22. The number of hydrogen-bond donors (Lipinski definition) is 1. The van der Waals surface area contributed by atoms with Crippen molar-refractivity contribution in [3.8, 4) is 11.4 Å². The van der Waals surface area contributed by atoms with Crippen molar-refractivity contribution in [3.05, 3.63) is 41.7 Å². The largest absolute Gasteiger partial charge is 0.307 e. The third-order valence-corrected chi connectivity index (χ3v) is 3.65. The van der Waals surface area contributed by atoms with Crippen LogP contribution in [0.5, 0.6) is 0 Å². The van der Waals surface area contributed by atoms with E-state index in [0.29, 0.717) is 0 Å². The van der Waals surface area contributed by atoms with Crippen LogP contribution < -0.4 is 5.32 Å². The van der Waals surface area contributed by atoms with E-state index in [9.17, 15) is 0 Å². The summed E-state index contributed by atoms with van der Waals surface area (Å²) in [5, 5.41) is 3.28. The predicted octanol–water partition coefficient (Wildman–Crippen LogP) is 2.47. The molecule has 3 rings (SSSR count). The zero-order chi connectivity index (χ0) is 11.7. The molecular formula is C13H13N3S. The Morgan fingerprint density at radius 3 is 2.76 bits per heavy atom. The molecule has 0 spiro atoms. The van der Waals surface area contributed by atoms with Gasteiger partial charge in [0.25, 0.3) is 0 Å². The molecule has 4 heteroatoms. The predicted molar refractivity (Wildman–Crippen MR) is 69.8 cm³/mol. The van der Waals surface area contributed by atoms with Gasteiger partial charge in [-0.15, -0.1) is 11.8 Å². The lowest BCUT2D eigenvalue weighted by Crippen LogP contribution is -2.00. The molecule has 0 atom stereocenters. The summed E-state index contributed by atoms with van der Waals surface area (Å²) in [6.45, 7) is 1.74. The van der Waals surface area contributed by atoms with Crippen molar-refractivity contribution in [3.63, 3.8) is 0 Å². The maximum Gasteiger partial charge on any atom is 0.159 e. The van der Waals surface area contributed by atoms with Crippen LogP contribution in [0.4, 0.5) is 0 Å². The van der Waals surface area contributed by atoms with E-state index in [4.69, 9.17) is 0 Å². The Balaban J connectivity index is 1.97. The number of nitrogens with one attached hydrogen (secondary N) is 1. The van der Waals surface area contributed by atoms with Gasteiger partial charge in [-0.05, 0) is 18.4 Å². The SMILES string of the molecule is CSc1ccc(-c2ncc3c(n2)CNC3)cc1. The van der Waals surface area contributed by atoms with Gasteiger partial charge in [0.1, 0.15) is 0 Å². The minimum atomic E-state index is 0.820. The summed E-state index contributed by atoms with van der Waals surface area (Å²) in [4.78, 5) is 10.3. The second-order valence-electron chi connectivity index (χ2n) is 4.00. The molecule has 0 unspecified atom stereocenters. The minimum Gasteiger partial charge on any atom is -0.307 e. The molecular weight excluding hydrogens is 230 g/mol. The number of nitrogens with zero attached hydrogens (tertiary/aromatic N) is 2. The zero-order valence-corrected chi connectivity index (χ0v) is 10.4. The first kappa shape index (κ1) is 10.7. The lowest BCUT2D eigenvalue weighted by atomic mass is 10.2. The van der Waals surface area contributed by atoms with Crippen molar-refractivity contribution in [2.24, 2.45) is 0 Å². The number of hydrogen-bond acceptors (Lipinski definition) is 4. The van der Waals surface area contributed by atoms with Gasteiger partial charge < -0.3 is 5.32 Å². The van der Waals surface area contributed by atoms with Gasteiger partial charge in [0.2, 0.25) is 0 Å². The van der Waals surface area contributed by atoms with Crippen molar-refractivity contribution in [1.82, 2.24) is 15.3 Å². The summed E-state index contributed by atoms with van der Waals surface area (Å²) < 4.78 is 0. The van der Waals surface area contributed by atoms with Crippen molar-refractivity contribution in [2.45, 2.75) is 18.0 Å². The molecule has 0 fully saturated rings. The van der Waals surface area contributed by atoms with E-state index in [0.717, 1.165) is 30.2 Å². The molecule has 2 aromatic rings. The molecule has 1 aliphatic rings. The molecule has 0 saturated carbocycles. The van der Waals surface area contributed by atoms with Gasteiger partial charge in [0.15, 0.2) is 5.82 Å². The van der Waals surface area contributed by atoms with E-state index in [1.165, 1.54) is 10.5 Å². The summed E-state index contributed by atoms with van der Waals surface area (Å²) in [7, 11) is 0. The van der Waals surface area contributed by atoms with Crippen molar-refractivity contribution in [1.29, 1.82) is 0 Å². The molecule has 86 valence electrons. The van der Waals surface area contributed by atoms with Crippen LogP contribution in [0.15, 0.2) is 35.4 Å².